The van der Waals surface area contributed by atoms with E-state index in [0.29, 0.717) is 6.04 Å². The quantitative estimate of drug-likeness (QED) is 0.518. The Morgan fingerprint density at radius 3 is 3.00 bits per heavy atom. The van der Waals surface area contributed by atoms with Gasteiger partial charge < -0.3 is 10.1 Å². The minimum Gasteiger partial charge on any atom is -0.380 e. The van der Waals surface area contributed by atoms with E-state index in [9.17, 15) is 0 Å². The van der Waals surface area contributed by atoms with Crippen LogP contribution in [0.1, 0.15) is 26.7 Å². The van der Waals surface area contributed by atoms with Crippen LogP contribution in [-0.2, 0) is 4.74 Å². The van der Waals surface area contributed by atoms with Gasteiger partial charge in [0.2, 0.25) is 0 Å². The molecule has 17 heavy (non-hydrogen) atoms. The second kappa shape index (κ2) is 8.67. The lowest BCUT2D eigenvalue weighted by Gasteiger charge is -2.34. The normalized spacial score (nSPS) is 21.9. The summed E-state index contributed by atoms with van der Waals surface area (Å²) < 4.78 is 5.56. The first-order valence-electron chi connectivity index (χ1n) is 6.86. The lowest BCUT2D eigenvalue weighted by Crippen LogP contribution is -2.51. The molecule has 100 valence electrons. The van der Waals surface area contributed by atoms with Gasteiger partial charge in [-0.3, -0.25) is 4.90 Å². The smallest absolute Gasteiger partial charge is 0.0593 e. The summed E-state index contributed by atoms with van der Waals surface area (Å²) in [7, 11) is 0. The molecule has 0 radical (unpaired) electrons. The molecule has 1 aliphatic heterocycles. The fraction of sp³-hybridized carbons (Fsp3) is 0.857. The Bertz CT molecular complexity index is 206. The molecule has 1 N–H and O–H groups in total. The third-order valence-electron chi connectivity index (χ3n) is 3.11. The molecule has 1 unspecified atom stereocenters. The lowest BCUT2D eigenvalue weighted by atomic mass is 10.0. The molecule has 0 aromatic carbocycles. The van der Waals surface area contributed by atoms with E-state index in [1.165, 1.54) is 13.0 Å². The van der Waals surface area contributed by atoms with Crippen molar-refractivity contribution in [2.45, 2.75) is 32.7 Å². The molecule has 1 fully saturated rings. The summed E-state index contributed by atoms with van der Waals surface area (Å²) >= 11 is 0. The third kappa shape index (κ3) is 6.81. The van der Waals surface area contributed by atoms with Crippen molar-refractivity contribution in [3.05, 3.63) is 12.7 Å². The summed E-state index contributed by atoms with van der Waals surface area (Å²) in [4.78, 5) is 2.51. The highest BCUT2D eigenvalue weighted by atomic mass is 16.5. The molecule has 0 spiro atoms. The highest BCUT2D eigenvalue weighted by Crippen LogP contribution is 2.09. The van der Waals surface area contributed by atoms with Gasteiger partial charge in [-0.1, -0.05) is 19.9 Å². The van der Waals surface area contributed by atoms with E-state index in [1.807, 2.05) is 6.08 Å². The Balaban J connectivity index is 2.09. The summed E-state index contributed by atoms with van der Waals surface area (Å²) in [5.74, 6) is 0.774. The molecule has 0 aromatic heterocycles. The minimum atomic E-state index is 0.664. The van der Waals surface area contributed by atoms with E-state index in [1.54, 1.807) is 0 Å². The van der Waals surface area contributed by atoms with Gasteiger partial charge >= 0.3 is 0 Å². The maximum Gasteiger partial charge on any atom is 0.0593 e. The van der Waals surface area contributed by atoms with E-state index in [0.717, 1.165) is 45.2 Å². The summed E-state index contributed by atoms with van der Waals surface area (Å²) in [5, 5.41) is 3.60. The van der Waals surface area contributed by atoms with Crippen LogP contribution < -0.4 is 5.32 Å². The van der Waals surface area contributed by atoms with Crippen molar-refractivity contribution in [2.75, 3.05) is 39.4 Å². The molecule has 3 nitrogen and oxygen atoms in total. The van der Waals surface area contributed by atoms with Crippen molar-refractivity contribution in [3.63, 3.8) is 0 Å². The summed E-state index contributed by atoms with van der Waals surface area (Å²) in [5.41, 5.74) is 0. The highest BCUT2D eigenvalue weighted by Gasteiger charge is 2.19. The van der Waals surface area contributed by atoms with Crippen molar-refractivity contribution in [1.29, 1.82) is 0 Å². The van der Waals surface area contributed by atoms with E-state index < -0.39 is 0 Å². The van der Waals surface area contributed by atoms with Crippen LogP contribution in [0.4, 0.5) is 0 Å². The third-order valence-corrected chi connectivity index (χ3v) is 3.11. The number of nitrogens with one attached hydrogen (secondary N) is 1. The monoisotopic (exact) mass is 240 g/mol. The molecule has 1 heterocycles. The lowest BCUT2D eigenvalue weighted by molar-refractivity contribution is 0.0921. The van der Waals surface area contributed by atoms with Crippen LogP contribution in [0.5, 0.6) is 0 Å². The van der Waals surface area contributed by atoms with Crippen LogP contribution in [0.15, 0.2) is 12.7 Å². The summed E-state index contributed by atoms with van der Waals surface area (Å²) in [6.07, 6.45) is 4.13. The Labute approximate surface area is 106 Å². The van der Waals surface area contributed by atoms with Gasteiger partial charge in [-0.25, -0.2) is 0 Å². The number of hydrogen-bond acceptors (Lipinski definition) is 3. The number of piperazine rings is 1. The molecule has 3 heteroatoms. The van der Waals surface area contributed by atoms with Crippen LogP contribution >= 0.6 is 0 Å². The molecule has 1 saturated heterocycles. The first-order valence-corrected chi connectivity index (χ1v) is 6.86. The minimum absolute atomic E-state index is 0.664. The zero-order valence-electron chi connectivity index (χ0n) is 11.5. The molecule has 1 rings (SSSR count). The number of hydrogen-bond donors (Lipinski definition) is 1. The SMILES string of the molecule is C=CCCOCCN1CCNC(CC(C)C)C1. The standard InChI is InChI=1S/C14H28N2O/c1-4-5-9-17-10-8-16-7-6-15-14(12-16)11-13(2)3/h4,13-15H,1,5-12H2,2-3H3. The average molecular weight is 240 g/mol. The second-order valence-corrected chi connectivity index (χ2v) is 5.27. The van der Waals surface area contributed by atoms with Gasteiger partial charge in [-0.05, 0) is 18.8 Å². The Morgan fingerprint density at radius 2 is 2.29 bits per heavy atom. The van der Waals surface area contributed by atoms with Crippen LogP contribution in [0.25, 0.3) is 0 Å². The first-order chi connectivity index (χ1) is 8.22. The number of nitrogens with zero attached hydrogens (tertiary/aromatic N) is 1. The van der Waals surface area contributed by atoms with Crippen LogP contribution in [0.2, 0.25) is 0 Å². The number of rotatable bonds is 8. The maximum absolute atomic E-state index is 5.56. The van der Waals surface area contributed by atoms with E-state index >= 15 is 0 Å². The fourth-order valence-corrected chi connectivity index (χ4v) is 2.29. The van der Waals surface area contributed by atoms with Gasteiger partial charge in [0.1, 0.15) is 0 Å². The van der Waals surface area contributed by atoms with Gasteiger partial charge in [-0.2, -0.15) is 0 Å². The topological polar surface area (TPSA) is 24.5 Å². The zero-order chi connectivity index (χ0) is 12.5. The van der Waals surface area contributed by atoms with Gasteiger partial charge in [0.05, 0.1) is 13.2 Å². The van der Waals surface area contributed by atoms with Crippen LogP contribution in [0, 0.1) is 5.92 Å². The molecule has 0 saturated carbocycles. The molecule has 1 aliphatic rings. The van der Waals surface area contributed by atoms with Crippen molar-refractivity contribution in [1.82, 2.24) is 10.2 Å². The highest BCUT2D eigenvalue weighted by molar-refractivity contribution is 4.79. The first kappa shape index (κ1) is 14.7. The van der Waals surface area contributed by atoms with Crippen molar-refractivity contribution in [2.24, 2.45) is 5.92 Å². The molecule has 0 aliphatic carbocycles. The molecular weight excluding hydrogens is 212 g/mol. The van der Waals surface area contributed by atoms with E-state index in [2.05, 4.69) is 30.6 Å². The Kier molecular flexibility index (Phi) is 7.49. The molecule has 0 bridgehead atoms. The fourth-order valence-electron chi connectivity index (χ4n) is 2.29. The molecule has 1 atom stereocenters. The Hall–Kier alpha value is -0.380. The van der Waals surface area contributed by atoms with Gasteiger partial charge in [0, 0.05) is 32.2 Å². The predicted octanol–water partition coefficient (Wildman–Crippen LogP) is 1.90. The zero-order valence-corrected chi connectivity index (χ0v) is 11.5. The summed E-state index contributed by atoms with van der Waals surface area (Å²) in [6.45, 7) is 14.4. The number of ether oxygens (including phenoxy) is 1. The predicted molar refractivity (Wildman–Crippen MR) is 73.3 cm³/mol. The van der Waals surface area contributed by atoms with Gasteiger partial charge in [-0.15, -0.1) is 6.58 Å². The van der Waals surface area contributed by atoms with Crippen LogP contribution in [-0.4, -0.2) is 50.3 Å². The van der Waals surface area contributed by atoms with Crippen LogP contribution in [0.3, 0.4) is 0 Å². The largest absolute Gasteiger partial charge is 0.380 e. The molecular formula is C14H28N2O. The van der Waals surface area contributed by atoms with Crippen molar-refractivity contribution < 1.29 is 4.74 Å². The van der Waals surface area contributed by atoms with E-state index in [-0.39, 0.29) is 0 Å². The average Bonchev–Trinajstić information content (AvgIpc) is 2.28. The van der Waals surface area contributed by atoms with Crippen molar-refractivity contribution >= 4 is 0 Å². The summed E-state index contributed by atoms with van der Waals surface area (Å²) in [6, 6.07) is 0.664. The van der Waals surface area contributed by atoms with E-state index in [4.69, 9.17) is 4.74 Å². The maximum atomic E-state index is 5.56. The second-order valence-electron chi connectivity index (χ2n) is 5.27. The molecule has 0 amide bonds. The van der Waals surface area contributed by atoms with Gasteiger partial charge in [0.25, 0.3) is 0 Å². The Morgan fingerprint density at radius 1 is 1.47 bits per heavy atom. The van der Waals surface area contributed by atoms with Gasteiger partial charge in [0.15, 0.2) is 0 Å². The molecule has 0 aromatic rings. The van der Waals surface area contributed by atoms with Crippen molar-refractivity contribution in [3.8, 4) is 0 Å².